The molecule has 0 aliphatic carbocycles. The maximum atomic E-state index is 11.5. The lowest BCUT2D eigenvalue weighted by Crippen LogP contribution is -2.18. The fourth-order valence-corrected chi connectivity index (χ4v) is 2.29. The van der Waals surface area contributed by atoms with E-state index in [0.29, 0.717) is 16.2 Å². The Balaban J connectivity index is 2.96. The molecular weight excluding hydrogens is 256 g/mol. The monoisotopic (exact) mass is 261 g/mol. The molecule has 0 aliphatic rings. The van der Waals surface area contributed by atoms with Gasteiger partial charge in [-0.25, -0.2) is 9.78 Å². The number of rotatable bonds is 1. The Labute approximate surface area is 97.1 Å². The molecule has 1 unspecified atom stereocenters. The first-order valence-corrected chi connectivity index (χ1v) is 6.26. The van der Waals surface area contributed by atoms with Gasteiger partial charge in [0.15, 0.2) is 5.15 Å². The van der Waals surface area contributed by atoms with E-state index in [1.807, 2.05) is 6.66 Å². The summed E-state index contributed by atoms with van der Waals surface area (Å²) >= 11 is 11.6. The number of fused-ring (bicyclic) bond motifs is 1. The van der Waals surface area contributed by atoms with Crippen molar-refractivity contribution in [3.8, 4) is 0 Å². The summed E-state index contributed by atoms with van der Waals surface area (Å²) in [6, 6.07) is 3.34. The first kappa shape index (κ1) is 10.8. The summed E-state index contributed by atoms with van der Waals surface area (Å²) in [5.74, 6) is 0. The molecule has 0 amide bonds. The van der Waals surface area contributed by atoms with E-state index in [9.17, 15) is 4.79 Å². The number of hydrogen-bond donors (Lipinski definition) is 0. The average molecular weight is 262 g/mol. The summed E-state index contributed by atoms with van der Waals surface area (Å²) in [5.41, 5.74) is 0.751. The van der Waals surface area contributed by atoms with Gasteiger partial charge in [-0.3, -0.25) is 4.34 Å². The fourth-order valence-electron chi connectivity index (χ4n) is 1.27. The second kappa shape index (κ2) is 4.05. The van der Waals surface area contributed by atoms with Crippen LogP contribution in [0.5, 0.6) is 0 Å². The van der Waals surface area contributed by atoms with E-state index < -0.39 is 0 Å². The van der Waals surface area contributed by atoms with Crippen molar-refractivity contribution >= 4 is 43.0 Å². The zero-order valence-electron chi connectivity index (χ0n) is 7.66. The molecule has 0 saturated carbocycles. The third-order valence-corrected chi connectivity index (χ3v) is 3.24. The number of aromatic nitrogens is 3. The van der Waals surface area contributed by atoms with Crippen LogP contribution in [0.1, 0.15) is 0 Å². The standard InChI is InChI=1S/C8H6Cl2N3OP/c1-15-13-4-2-3-5(9)11-6(4)7(10)12-8(13)14/h2-3,15H,1H3. The molecule has 0 spiro atoms. The molecule has 4 nitrogen and oxygen atoms in total. The Kier molecular flexibility index (Phi) is 2.91. The van der Waals surface area contributed by atoms with Crippen LogP contribution < -0.4 is 5.69 Å². The third kappa shape index (κ3) is 1.85. The van der Waals surface area contributed by atoms with Crippen LogP contribution in [0, 0.1) is 0 Å². The summed E-state index contributed by atoms with van der Waals surface area (Å²) in [6.45, 7) is 1.88. The smallest absolute Gasteiger partial charge is 0.272 e. The van der Waals surface area contributed by atoms with Crippen molar-refractivity contribution in [2.45, 2.75) is 0 Å². The molecule has 2 heterocycles. The fraction of sp³-hybridized carbons (Fsp3) is 0.125. The van der Waals surface area contributed by atoms with Gasteiger partial charge in [0.2, 0.25) is 0 Å². The van der Waals surface area contributed by atoms with E-state index in [1.165, 1.54) is 4.34 Å². The molecule has 0 aliphatic heterocycles. The van der Waals surface area contributed by atoms with Crippen molar-refractivity contribution < 1.29 is 0 Å². The molecule has 15 heavy (non-hydrogen) atoms. The van der Waals surface area contributed by atoms with E-state index in [4.69, 9.17) is 23.2 Å². The van der Waals surface area contributed by atoms with Gasteiger partial charge >= 0.3 is 5.69 Å². The van der Waals surface area contributed by atoms with Crippen LogP contribution in [0.15, 0.2) is 16.9 Å². The predicted molar refractivity (Wildman–Crippen MR) is 63.5 cm³/mol. The summed E-state index contributed by atoms with van der Waals surface area (Å²) in [6.07, 6.45) is 0. The number of hydrogen-bond acceptors (Lipinski definition) is 3. The minimum absolute atomic E-state index is 0.0898. The van der Waals surface area contributed by atoms with Crippen molar-refractivity contribution in [2.75, 3.05) is 6.66 Å². The lowest BCUT2D eigenvalue weighted by atomic mass is 10.4. The van der Waals surface area contributed by atoms with E-state index >= 15 is 0 Å². The van der Waals surface area contributed by atoms with Crippen LogP contribution >= 0.6 is 31.9 Å². The quantitative estimate of drug-likeness (QED) is 0.449. The maximum Gasteiger partial charge on any atom is 0.352 e. The molecule has 0 N–H and O–H groups in total. The van der Waals surface area contributed by atoms with Crippen molar-refractivity contribution in [1.82, 2.24) is 14.3 Å². The topological polar surface area (TPSA) is 47.8 Å². The minimum atomic E-state index is -0.363. The number of nitrogens with zero attached hydrogens (tertiary/aromatic N) is 3. The summed E-state index contributed by atoms with van der Waals surface area (Å²) in [7, 11) is 0.276. The summed E-state index contributed by atoms with van der Waals surface area (Å²) < 4.78 is 1.52. The second-order valence-corrected chi connectivity index (χ2v) is 4.39. The van der Waals surface area contributed by atoms with Gasteiger partial charge in [-0.1, -0.05) is 23.2 Å². The van der Waals surface area contributed by atoms with E-state index in [0.717, 1.165) is 0 Å². The van der Waals surface area contributed by atoms with Crippen LogP contribution in [0.3, 0.4) is 0 Å². The van der Waals surface area contributed by atoms with Crippen LogP contribution in [0.4, 0.5) is 0 Å². The van der Waals surface area contributed by atoms with Crippen LogP contribution in [0.2, 0.25) is 10.3 Å². The Morgan fingerprint density at radius 3 is 2.73 bits per heavy atom. The predicted octanol–water partition coefficient (Wildman–Crippen LogP) is 2.17. The summed E-state index contributed by atoms with van der Waals surface area (Å²) in [4.78, 5) is 19.2. The molecule has 7 heteroatoms. The Hall–Kier alpha value is -0.700. The average Bonchev–Trinajstić information content (AvgIpc) is 2.19. The molecule has 0 saturated heterocycles. The zero-order chi connectivity index (χ0) is 11.0. The van der Waals surface area contributed by atoms with Crippen molar-refractivity contribution in [3.63, 3.8) is 0 Å². The van der Waals surface area contributed by atoms with Gasteiger partial charge in [-0.05, 0) is 27.5 Å². The van der Waals surface area contributed by atoms with Crippen LogP contribution in [-0.4, -0.2) is 21.0 Å². The number of halogens is 2. The molecule has 0 radical (unpaired) electrons. The first-order chi connectivity index (χ1) is 7.13. The maximum absolute atomic E-state index is 11.5. The molecule has 2 aromatic rings. The highest BCUT2D eigenvalue weighted by Crippen LogP contribution is 2.22. The van der Waals surface area contributed by atoms with Gasteiger partial charge < -0.3 is 0 Å². The van der Waals surface area contributed by atoms with E-state index in [-0.39, 0.29) is 19.6 Å². The normalized spacial score (nSPS) is 11.7. The summed E-state index contributed by atoms with van der Waals surface area (Å²) in [5, 5.41) is 0.419. The highest BCUT2D eigenvalue weighted by Gasteiger charge is 2.09. The largest absolute Gasteiger partial charge is 0.352 e. The van der Waals surface area contributed by atoms with E-state index in [1.54, 1.807) is 12.1 Å². The van der Waals surface area contributed by atoms with Gasteiger partial charge in [0, 0.05) is 0 Å². The van der Waals surface area contributed by atoms with Gasteiger partial charge in [0.05, 0.1) is 5.52 Å². The van der Waals surface area contributed by atoms with Gasteiger partial charge in [-0.2, -0.15) is 4.98 Å². The van der Waals surface area contributed by atoms with Gasteiger partial charge in [-0.15, -0.1) is 0 Å². The molecule has 1 atom stereocenters. The Morgan fingerprint density at radius 1 is 1.33 bits per heavy atom. The molecular formula is C8H6Cl2N3OP. The van der Waals surface area contributed by atoms with E-state index in [2.05, 4.69) is 9.97 Å². The lowest BCUT2D eigenvalue weighted by molar-refractivity contribution is 1.05. The molecule has 2 rings (SSSR count). The van der Waals surface area contributed by atoms with Gasteiger partial charge in [0.25, 0.3) is 0 Å². The van der Waals surface area contributed by atoms with Crippen molar-refractivity contribution in [3.05, 3.63) is 32.9 Å². The molecule has 78 valence electrons. The third-order valence-electron chi connectivity index (χ3n) is 1.88. The Morgan fingerprint density at radius 2 is 2.07 bits per heavy atom. The molecule has 0 fully saturated rings. The molecule has 0 bridgehead atoms. The van der Waals surface area contributed by atoms with Crippen LogP contribution in [-0.2, 0) is 0 Å². The van der Waals surface area contributed by atoms with Crippen molar-refractivity contribution in [2.24, 2.45) is 0 Å². The molecule has 2 aromatic heterocycles. The number of pyridine rings is 1. The van der Waals surface area contributed by atoms with Crippen molar-refractivity contribution in [1.29, 1.82) is 0 Å². The minimum Gasteiger partial charge on any atom is -0.272 e. The zero-order valence-corrected chi connectivity index (χ0v) is 10.2. The second-order valence-electron chi connectivity index (χ2n) is 2.75. The first-order valence-electron chi connectivity index (χ1n) is 4.06. The van der Waals surface area contributed by atoms with Crippen LogP contribution in [0.25, 0.3) is 11.0 Å². The Bertz CT molecular complexity index is 584. The SMILES string of the molecule is CPn1c(=O)nc(Cl)c2nc(Cl)ccc21. The highest BCUT2D eigenvalue weighted by atomic mass is 35.5. The van der Waals surface area contributed by atoms with Gasteiger partial charge in [0.1, 0.15) is 10.7 Å². The lowest BCUT2D eigenvalue weighted by Gasteiger charge is -2.06. The highest BCUT2D eigenvalue weighted by molar-refractivity contribution is 7.35. The molecule has 0 aromatic carbocycles.